The fraction of sp³-hybridized carbons (Fsp3) is 0.784. The second-order valence-corrected chi connectivity index (χ2v) is 15.6. The second kappa shape index (κ2) is 24.1. The Balaban J connectivity index is 1.08. The van der Waals surface area contributed by atoms with Gasteiger partial charge in [-0.05, 0) is 50.1 Å². The standard InChI is InChI=1S/C37H63NO6S2/c1-3-4-5-6-7-8-9-10-11-12-13-14-15-16-19-22-36-42-32-34(43-36)31-41-29-21-18-17-20-27-38-28-30-45-37(38)44-46(39,40)35-25-23-33(2)24-26-35/h23-26,28,30,34,36-37H,3-22,27,29,31-32H2,1-2H3. The predicted molar refractivity (Wildman–Crippen MR) is 190 cm³/mol. The number of rotatable bonds is 28. The summed E-state index contributed by atoms with van der Waals surface area (Å²) in [5.41, 5.74) is 0.462. The van der Waals surface area contributed by atoms with E-state index in [1.54, 1.807) is 24.3 Å². The maximum Gasteiger partial charge on any atom is 0.299 e. The Kier molecular flexibility index (Phi) is 20.6. The van der Waals surface area contributed by atoms with Crippen LogP contribution in [-0.2, 0) is 28.5 Å². The minimum Gasteiger partial charge on any atom is -0.379 e. The molecule has 1 aromatic carbocycles. The van der Waals surface area contributed by atoms with Gasteiger partial charge in [0, 0.05) is 19.4 Å². The third-order valence-corrected chi connectivity index (χ3v) is 11.1. The van der Waals surface area contributed by atoms with Gasteiger partial charge in [-0.1, -0.05) is 139 Å². The third kappa shape index (κ3) is 16.8. The lowest BCUT2D eigenvalue weighted by Gasteiger charge is -2.24. The second-order valence-electron chi connectivity index (χ2n) is 13.1. The summed E-state index contributed by atoms with van der Waals surface area (Å²) in [5, 5.41) is 1.89. The van der Waals surface area contributed by atoms with Gasteiger partial charge in [-0.3, -0.25) is 0 Å². The maximum absolute atomic E-state index is 12.7. The largest absolute Gasteiger partial charge is 0.379 e. The normalized spacial score (nSPS) is 19.9. The molecule has 0 spiro atoms. The molecule has 7 nitrogen and oxygen atoms in total. The number of unbranched alkanes of at least 4 members (excludes halogenated alkanes) is 17. The van der Waals surface area contributed by atoms with Crippen molar-refractivity contribution < 1.29 is 26.8 Å². The Morgan fingerprint density at radius 1 is 0.804 bits per heavy atom. The fourth-order valence-corrected chi connectivity index (χ4v) is 8.04. The molecule has 264 valence electrons. The van der Waals surface area contributed by atoms with Crippen LogP contribution in [0.1, 0.15) is 141 Å². The summed E-state index contributed by atoms with van der Waals surface area (Å²) in [5.74, 6) is 0. The van der Waals surface area contributed by atoms with Gasteiger partial charge >= 0.3 is 0 Å². The molecule has 2 aliphatic rings. The molecule has 3 unspecified atom stereocenters. The molecule has 3 rings (SSSR count). The minimum absolute atomic E-state index is 0.0499. The lowest BCUT2D eigenvalue weighted by Crippen LogP contribution is -2.30. The van der Waals surface area contributed by atoms with E-state index < -0.39 is 15.7 Å². The van der Waals surface area contributed by atoms with E-state index in [4.69, 9.17) is 18.4 Å². The molecular formula is C37H63NO6S2. The molecule has 0 amide bonds. The Morgan fingerprint density at radius 2 is 1.39 bits per heavy atom. The van der Waals surface area contributed by atoms with Crippen molar-refractivity contribution in [1.82, 2.24) is 4.90 Å². The summed E-state index contributed by atoms with van der Waals surface area (Å²) < 4.78 is 48.6. The van der Waals surface area contributed by atoms with Crippen LogP contribution in [0, 0.1) is 6.92 Å². The molecule has 0 N–H and O–H groups in total. The van der Waals surface area contributed by atoms with Crippen molar-refractivity contribution in [2.45, 2.75) is 165 Å². The first-order chi connectivity index (χ1) is 22.5. The smallest absolute Gasteiger partial charge is 0.299 e. The summed E-state index contributed by atoms with van der Waals surface area (Å²) >= 11 is 1.38. The van der Waals surface area contributed by atoms with E-state index in [0.717, 1.165) is 50.8 Å². The van der Waals surface area contributed by atoms with Crippen molar-refractivity contribution in [2.75, 3.05) is 26.4 Å². The highest BCUT2D eigenvalue weighted by molar-refractivity contribution is 8.03. The number of thioether (sulfide) groups is 1. The van der Waals surface area contributed by atoms with Gasteiger partial charge in [-0.2, -0.15) is 8.42 Å². The van der Waals surface area contributed by atoms with Crippen molar-refractivity contribution in [1.29, 1.82) is 0 Å². The number of ether oxygens (including phenoxy) is 3. The summed E-state index contributed by atoms with van der Waals surface area (Å²) in [6.45, 7) is 6.93. The highest BCUT2D eigenvalue weighted by atomic mass is 32.2. The van der Waals surface area contributed by atoms with E-state index in [-0.39, 0.29) is 17.3 Å². The van der Waals surface area contributed by atoms with Gasteiger partial charge in [0.05, 0.1) is 18.1 Å². The fourth-order valence-electron chi connectivity index (χ4n) is 5.95. The Hall–Kier alpha value is -1.10. The molecule has 0 saturated carbocycles. The van der Waals surface area contributed by atoms with Crippen LogP contribution in [-0.4, -0.2) is 57.6 Å². The van der Waals surface area contributed by atoms with Crippen molar-refractivity contribution in [3.05, 3.63) is 41.4 Å². The molecular weight excluding hydrogens is 619 g/mol. The van der Waals surface area contributed by atoms with Crippen LogP contribution in [0.5, 0.6) is 0 Å². The zero-order chi connectivity index (χ0) is 32.7. The SMILES string of the molecule is CCCCCCCCCCCCCCCCCC1OCC(COCCCCCCN2C=CSC2OS(=O)(=O)c2ccc(C)cc2)O1. The van der Waals surface area contributed by atoms with Crippen LogP contribution in [0.3, 0.4) is 0 Å². The number of aryl methyl sites for hydroxylation is 1. The Bertz CT molecular complexity index is 1030. The number of hydrogen-bond donors (Lipinski definition) is 0. The van der Waals surface area contributed by atoms with Gasteiger partial charge < -0.3 is 19.1 Å². The van der Waals surface area contributed by atoms with E-state index in [1.165, 1.54) is 108 Å². The highest BCUT2D eigenvalue weighted by Gasteiger charge is 2.28. The first-order valence-electron chi connectivity index (χ1n) is 18.4. The molecule has 3 atom stereocenters. The lowest BCUT2D eigenvalue weighted by atomic mass is 10.0. The Morgan fingerprint density at radius 3 is 2.04 bits per heavy atom. The van der Waals surface area contributed by atoms with Crippen molar-refractivity contribution in [2.24, 2.45) is 0 Å². The van der Waals surface area contributed by atoms with E-state index in [2.05, 4.69) is 6.92 Å². The van der Waals surface area contributed by atoms with Gasteiger partial charge in [0.25, 0.3) is 10.1 Å². The summed E-state index contributed by atoms with van der Waals surface area (Å²) in [6.07, 6.45) is 27.7. The van der Waals surface area contributed by atoms with Crippen molar-refractivity contribution in [3.8, 4) is 0 Å². The molecule has 0 aliphatic carbocycles. The van der Waals surface area contributed by atoms with Crippen LogP contribution < -0.4 is 0 Å². The van der Waals surface area contributed by atoms with E-state index in [0.29, 0.717) is 13.2 Å². The topological polar surface area (TPSA) is 74.3 Å². The number of hydrogen-bond acceptors (Lipinski definition) is 8. The van der Waals surface area contributed by atoms with Crippen molar-refractivity contribution in [3.63, 3.8) is 0 Å². The number of benzene rings is 1. The molecule has 2 heterocycles. The van der Waals surface area contributed by atoms with Crippen LogP contribution in [0.2, 0.25) is 0 Å². The average Bonchev–Trinajstić information content (AvgIpc) is 3.69. The summed E-state index contributed by atoms with van der Waals surface area (Å²) in [4.78, 5) is 2.15. The van der Waals surface area contributed by atoms with Crippen LogP contribution in [0.25, 0.3) is 0 Å². The summed E-state index contributed by atoms with van der Waals surface area (Å²) in [6, 6.07) is 6.75. The molecule has 2 aliphatic heterocycles. The minimum atomic E-state index is -3.80. The van der Waals surface area contributed by atoms with Crippen LogP contribution in [0.15, 0.2) is 40.8 Å². The van der Waals surface area contributed by atoms with Gasteiger partial charge in [0.2, 0.25) is 5.56 Å². The summed E-state index contributed by atoms with van der Waals surface area (Å²) in [7, 11) is -3.80. The number of nitrogens with zero attached hydrogens (tertiary/aromatic N) is 1. The van der Waals surface area contributed by atoms with Gasteiger partial charge in [0.1, 0.15) is 6.10 Å². The van der Waals surface area contributed by atoms with Crippen LogP contribution >= 0.6 is 11.8 Å². The molecule has 1 aromatic rings. The average molecular weight is 682 g/mol. The molecule has 46 heavy (non-hydrogen) atoms. The lowest BCUT2D eigenvalue weighted by molar-refractivity contribution is -0.0761. The van der Waals surface area contributed by atoms with E-state index >= 15 is 0 Å². The molecule has 0 aromatic heterocycles. The first kappa shape index (κ1) is 39.3. The van der Waals surface area contributed by atoms with Crippen LogP contribution in [0.4, 0.5) is 0 Å². The van der Waals surface area contributed by atoms with E-state index in [1.807, 2.05) is 23.4 Å². The van der Waals surface area contributed by atoms with Crippen molar-refractivity contribution >= 4 is 21.9 Å². The zero-order valence-corrected chi connectivity index (χ0v) is 30.5. The quantitative estimate of drug-likeness (QED) is 0.0639. The molecule has 1 fully saturated rings. The maximum atomic E-state index is 12.7. The third-order valence-electron chi connectivity index (χ3n) is 8.85. The molecule has 0 bridgehead atoms. The highest BCUT2D eigenvalue weighted by Crippen LogP contribution is 2.30. The first-order valence-corrected chi connectivity index (χ1v) is 20.8. The molecule has 1 saturated heterocycles. The van der Waals surface area contributed by atoms with Gasteiger partial charge in [-0.25, -0.2) is 4.18 Å². The predicted octanol–water partition coefficient (Wildman–Crippen LogP) is 10.1. The Labute approximate surface area is 285 Å². The van der Waals surface area contributed by atoms with Gasteiger partial charge in [-0.15, -0.1) is 0 Å². The molecule has 0 radical (unpaired) electrons. The zero-order valence-electron chi connectivity index (χ0n) is 28.9. The monoisotopic (exact) mass is 681 g/mol. The molecule has 9 heteroatoms. The van der Waals surface area contributed by atoms with Gasteiger partial charge in [0.15, 0.2) is 6.29 Å². The van der Waals surface area contributed by atoms with E-state index in [9.17, 15) is 8.42 Å².